The topological polar surface area (TPSA) is 24.9 Å². The number of fused-ring (bicyclic) bond motifs is 1. The van der Waals surface area contributed by atoms with E-state index in [2.05, 4.69) is 41.5 Å². The van der Waals surface area contributed by atoms with Gasteiger partial charge in [-0.15, -0.1) is 11.3 Å². The highest BCUT2D eigenvalue weighted by molar-refractivity contribution is 7.18. The van der Waals surface area contributed by atoms with E-state index in [1.165, 1.54) is 10.3 Å². The number of nitrogens with zero attached hydrogens (tertiary/aromatic N) is 1. The smallest absolute Gasteiger partial charge is 0.108 e. The molecule has 0 saturated heterocycles. The van der Waals surface area contributed by atoms with Gasteiger partial charge in [0.05, 0.1) is 10.2 Å². The van der Waals surface area contributed by atoms with Crippen LogP contribution in [0.15, 0.2) is 48.5 Å². The van der Waals surface area contributed by atoms with Crippen LogP contribution >= 0.6 is 22.9 Å². The number of thiazole rings is 1. The summed E-state index contributed by atoms with van der Waals surface area (Å²) in [6.07, 6.45) is 0. The molecule has 0 aliphatic carbocycles. The van der Waals surface area contributed by atoms with Crippen molar-refractivity contribution in [3.63, 3.8) is 0 Å². The number of hydrogen-bond donors (Lipinski definition) is 1. The first kappa shape index (κ1) is 13.6. The molecule has 1 unspecified atom stereocenters. The average molecular weight is 303 g/mol. The molecule has 1 aromatic heterocycles. The summed E-state index contributed by atoms with van der Waals surface area (Å²) in [5, 5.41) is 5.39. The molecule has 1 heterocycles. The van der Waals surface area contributed by atoms with E-state index in [0.717, 1.165) is 22.1 Å². The zero-order valence-corrected chi connectivity index (χ0v) is 12.7. The lowest BCUT2D eigenvalue weighted by atomic mass is 10.1. The predicted molar refractivity (Wildman–Crippen MR) is 86.3 cm³/mol. The lowest BCUT2D eigenvalue weighted by Gasteiger charge is -2.13. The Kier molecular flexibility index (Phi) is 4.01. The molecule has 3 aromatic rings. The average Bonchev–Trinajstić information content (AvgIpc) is 2.88. The second kappa shape index (κ2) is 5.92. The van der Waals surface area contributed by atoms with Crippen LogP contribution < -0.4 is 5.32 Å². The summed E-state index contributed by atoms with van der Waals surface area (Å²) < 4.78 is 1.24. The van der Waals surface area contributed by atoms with Gasteiger partial charge in [-0.3, -0.25) is 0 Å². The lowest BCUT2D eigenvalue weighted by Crippen LogP contribution is -2.17. The standard InChI is InChI=1S/C16H15ClN2S/c1-11(12-6-8-13(17)9-7-12)18-10-16-19-14-4-2-3-5-15(14)20-16/h2-9,11,18H,10H2,1H3. The Bertz CT molecular complexity index is 673. The van der Waals surface area contributed by atoms with Crippen molar-refractivity contribution in [2.75, 3.05) is 0 Å². The molecule has 102 valence electrons. The molecule has 0 spiro atoms. The molecule has 2 nitrogen and oxygen atoms in total. The van der Waals surface area contributed by atoms with Gasteiger partial charge in [0.25, 0.3) is 0 Å². The Morgan fingerprint density at radius 2 is 1.90 bits per heavy atom. The van der Waals surface area contributed by atoms with E-state index in [0.29, 0.717) is 0 Å². The second-order valence-corrected chi connectivity index (χ2v) is 6.28. The molecule has 0 aliphatic rings. The quantitative estimate of drug-likeness (QED) is 0.749. The molecular weight excluding hydrogens is 288 g/mol. The SMILES string of the molecule is CC(NCc1nc2ccccc2s1)c1ccc(Cl)cc1. The molecule has 1 N–H and O–H groups in total. The minimum absolute atomic E-state index is 0.277. The van der Waals surface area contributed by atoms with Gasteiger partial charge in [-0.2, -0.15) is 0 Å². The fraction of sp³-hybridized carbons (Fsp3) is 0.188. The molecule has 4 heteroatoms. The third-order valence-electron chi connectivity index (χ3n) is 3.27. The van der Waals surface area contributed by atoms with E-state index >= 15 is 0 Å². The van der Waals surface area contributed by atoms with E-state index in [-0.39, 0.29) is 6.04 Å². The van der Waals surface area contributed by atoms with Crippen LogP contribution in [0.3, 0.4) is 0 Å². The molecule has 3 rings (SSSR count). The fourth-order valence-corrected chi connectivity index (χ4v) is 3.15. The number of para-hydroxylation sites is 1. The van der Waals surface area contributed by atoms with Crippen LogP contribution in [0.4, 0.5) is 0 Å². The Morgan fingerprint density at radius 1 is 1.15 bits per heavy atom. The molecule has 0 radical (unpaired) electrons. The van der Waals surface area contributed by atoms with Crippen LogP contribution in [-0.2, 0) is 6.54 Å². The third-order valence-corrected chi connectivity index (χ3v) is 4.56. The van der Waals surface area contributed by atoms with Gasteiger partial charge < -0.3 is 5.32 Å². The summed E-state index contributed by atoms with van der Waals surface area (Å²) in [5.41, 5.74) is 2.31. The molecule has 0 bridgehead atoms. The van der Waals surface area contributed by atoms with Crippen molar-refractivity contribution in [2.45, 2.75) is 19.5 Å². The van der Waals surface area contributed by atoms with Crippen molar-refractivity contribution in [2.24, 2.45) is 0 Å². The van der Waals surface area contributed by atoms with Gasteiger partial charge in [0.2, 0.25) is 0 Å². The van der Waals surface area contributed by atoms with E-state index < -0.39 is 0 Å². The van der Waals surface area contributed by atoms with Crippen molar-refractivity contribution >= 4 is 33.2 Å². The lowest BCUT2D eigenvalue weighted by molar-refractivity contribution is 0.574. The number of rotatable bonds is 4. The van der Waals surface area contributed by atoms with Gasteiger partial charge in [-0.25, -0.2) is 4.98 Å². The molecule has 1 atom stereocenters. The Balaban J connectivity index is 1.68. The maximum atomic E-state index is 5.91. The van der Waals surface area contributed by atoms with E-state index in [9.17, 15) is 0 Å². The highest BCUT2D eigenvalue weighted by Gasteiger charge is 2.07. The summed E-state index contributed by atoms with van der Waals surface area (Å²) in [4.78, 5) is 4.63. The van der Waals surface area contributed by atoms with Gasteiger partial charge in [0.1, 0.15) is 5.01 Å². The van der Waals surface area contributed by atoms with Crippen LogP contribution in [0.2, 0.25) is 5.02 Å². The summed E-state index contributed by atoms with van der Waals surface area (Å²) >= 11 is 7.65. The largest absolute Gasteiger partial charge is 0.304 e. The Labute approximate surface area is 127 Å². The summed E-state index contributed by atoms with van der Waals surface area (Å²) in [6, 6.07) is 16.5. The fourth-order valence-electron chi connectivity index (χ4n) is 2.11. The van der Waals surface area contributed by atoms with E-state index in [4.69, 9.17) is 11.6 Å². The molecule has 0 aliphatic heterocycles. The number of nitrogens with one attached hydrogen (secondary N) is 1. The van der Waals surface area contributed by atoms with Crippen molar-refractivity contribution < 1.29 is 0 Å². The van der Waals surface area contributed by atoms with Gasteiger partial charge in [-0.05, 0) is 36.8 Å². The highest BCUT2D eigenvalue weighted by Crippen LogP contribution is 2.22. The number of hydrogen-bond acceptors (Lipinski definition) is 3. The van der Waals surface area contributed by atoms with Gasteiger partial charge in [-0.1, -0.05) is 35.9 Å². The molecule has 20 heavy (non-hydrogen) atoms. The van der Waals surface area contributed by atoms with Crippen molar-refractivity contribution in [1.29, 1.82) is 0 Å². The molecule has 0 amide bonds. The molecule has 2 aromatic carbocycles. The maximum Gasteiger partial charge on any atom is 0.108 e. The van der Waals surface area contributed by atoms with Gasteiger partial charge in [0.15, 0.2) is 0 Å². The summed E-state index contributed by atoms with van der Waals surface area (Å²) in [6.45, 7) is 2.93. The Hall–Kier alpha value is -1.42. The minimum atomic E-state index is 0.277. The number of aromatic nitrogens is 1. The Morgan fingerprint density at radius 3 is 2.65 bits per heavy atom. The molecule has 0 saturated carbocycles. The third kappa shape index (κ3) is 3.01. The van der Waals surface area contributed by atoms with Crippen LogP contribution in [0.5, 0.6) is 0 Å². The van der Waals surface area contributed by atoms with Crippen LogP contribution in [-0.4, -0.2) is 4.98 Å². The number of benzene rings is 2. The summed E-state index contributed by atoms with van der Waals surface area (Å²) in [5.74, 6) is 0. The van der Waals surface area contributed by atoms with Crippen molar-refractivity contribution in [1.82, 2.24) is 10.3 Å². The van der Waals surface area contributed by atoms with E-state index in [1.54, 1.807) is 11.3 Å². The van der Waals surface area contributed by atoms with E-state index in [1.807, 2.05) is 24.3 Å². The monoisotopic (exact) mass is 302 g/mol. The van der Waals surface area contributed by atoms with Gasteiger partial charge >= 0.3 is 0 Å². The molecule has 0 fully saturated rings. The van der Waals surface area contributed by atoms with Gasteiger partial charge in [0, 0.05) is 17.6 Å². The number of halogens is 1. The normalized spacial score (nSPS) is 12.7. The molecular formula is C16H15ClN2S. The second-order valence-electron chi connectivity index (χ2n) is 4.73. The first-order valence-electron chi connectivity index (χ1n) is 6.55. The zero-order chi connectivity index (χ0) is 13.9. The zero-order valence-electron chi connectivity index (χ0n) is 11.1. The van der Waals surface area contributed by atoms with Crippen LogP contribution in [0.25, 0.3) is 10.2 Å². The maximum absolute atomic E-state index is 5.91. The minimum Gasteiger partial charge on any atom is -0.304 e. The first-order chi connectivity index (χ1) is 9.72. The first-order valence-corrected chi connectivity index (χ1v) is 7.75. The highest BCUT2D eigenvalue weighted by atomic mass is 35.5. The summed E-state index contributed by atoms with van der Waals surface area (Å²) in [7, 11) is 0. The van der Waals surface area contributed by atoms with Crippen LogP contribution in [0.1, 0.15) is 23.5 Å². The predicted octanol–water partition coefficient (Wildman–Crippen LogP) is 4.80. The van der Waals surface area contributed by atoms with Crippen molar-refractivity contribution in [3.05, 3.63) is 64.1 Å². The van der Waals surface area contributed by atoms with Crippen LogP contribution in [0, 0.1) is 0 Å². The van der Waals surface area contributed by atoms with Crippen molar-refractivity contribution in [3.8, 4) is 0 Å².